The average Bonchev–Trinajstić information content (AvgIpc) is 2.74. The van der Waals surface area contributed by atoms with Gasteiger partial charge in [-0.15, -0.1) is 0 Å². The Bertz CT molecular complexity index is 166. The van der Waals surface area contributed by atoms with Crippen LogP contribution in [0.3, 0.4) is 0 Å². The molecular weight excluding hydrogens is 172 g/mol. The van der Waals surface area contributed by atoms with Gasteiger partial charge in [0.2, 0.25) is 0 Å². The molecule has 2 heteroatoms. The maximum absolute atomic E-state index is 6.33. The van der Waals surface area contributed by atoms with Crippen LogP contribution in [0, 0.1) is 0 Å². The molecule has 82 valence electrons. The van der Waals surface area contributed by atoms with Crippen LogP contribution in [0.1, 0.15) is 58.3 Å². The lowest BCUT2D eigenvalue weighted by Crippen LogP contribution is -2.52. The first kappa shape index (κ1) is 10.4. The van der Waals surface area contributed by atoms with Crippen molar-refractivity contribution in [1.82, 2.24) is 5.32 Å². The van der Waals surface area contributed by atoms with Crippen molar-refractivity contribution >= 4 is 0 Å². The fourth-order valence-corrected chi connectivity index (χ4v) is 2.98. The van der Waals surface area contributed by atoms with Gasteiger partial charge in [-0.2, -0.15) is 0 Å². The van der Waals surface area contributed by atoms with Crippen molar-refractivity contribution < 1.29 is 0 Å². The predicted molar refractivity (Wildman–Crippen MR) is 60.3 cm³/mol. The SMILES string of the molecule is CC1(NCC2(N)CCCC2)CCCC1. The van der Waals surface area contributed by atoms with E-state index in [4.69, 9.17) is 5.73 Å². The third kappa shape index (κ3) is 2.29. The van der Waals surface area contributed by atoms with E-state index in [2.05, 4.69) is 12.2 Å². The molecule has 0 saturated heterocycles. The Balaban J connectivity index is 1.80. The molecule has 2 fully saturated rings. The van der Waals surface area contributed by atoms with Gasteiger partial charge in [-0.25, -0.2) is 0 Å². The van der Waals surface area contributed by atoms with E-state index in [-0.39, 0.29) is 5.54 Å². The van der Waals surface area contributed by atoms with Crippen LogP contribution in [-0.4, -0.2) is 17.6 Å². The van der Waals surface area contributed by atoms with Crippen molar-refractivity contribution in [3.8, 4) is 0 Å². The Morgan fingerprint density at radius 3 is 2.07 bits per heavy atom. The number of nitrogens with two attached hydrogens (primary N) is 1. The van der Waals surface area contributed by atoms with E-state index in [1.165, 1.54) is 51.4 Å². The summed E-state index contributed by atoms with van der Waals surface area (Å²) in [6.07, 6.45) is 10.5. The first-order valence-corrected chi connectivity index (χ1v) is 6.16. The highest BCUT2D eigenvalue weighted by atomic mass is 15.0. The van der Waals surface area contributed by atoms with Gasteiger partial charge < -0.3 is 11.1 Å². The number of rotatable bonds is 3. The smallest absolute Gasteiger partial charge is 0.0281 e. The average molecular weight is 196 g/mol. The molecule has 14 heavy (non-hydrogen) atoms. The molecule has 2 rings (SSSR count). The Hall–Kier alpha value is -0.0800. The normalized spacial score (nSPS) is 29.6. The van der Waals surface area contributed by atoms with Crippen molar-refractivity contribution in [3.05, 3.63) is 0 Å². The predicted octanol–water partition coefficient (Wildman–Crippen LogP) is 2.18. The summed E-state index contributed by atoms with van der Waals surface area (Å²) in [5, 5.41) is 3.72. The van der Waals surface area contributed by atoms with E-state index in [1.807, 2.05) is 0 Å². The number of nitrogens with one attached hydrogen (secondary N) is 1. The third-order valence-electron chi connectivity index (χ3n) is 4.17. The molecule has 0 aliphatic heterocycles. The summed E-state index contributed by atoms with van der Waals surface area (Å²) in [5.74, 6) is 0. The fourth-order valence-electron chi connectivity index (χ4n) is 2.98. The number of hydrogen-bond donors (Lipinski definition) is 2. The Labute approximate surface area is 87.6 Å². The maximum atomic E-state index is 6.33. The molecule has 0 radical (unpaired) electrons. The summed E-state index contributed by atoms with van der Waals surface area (Å²) in [4.78, 5) is 0. The van der Waals surface area contributed by atoms with Crippen LogP contribution >= 0.6 is 0 Å². The first-order chi connectivity index (χ1) is 6.62. The lowest BCUT2D eigenvalue weighted by molar-refractivity contribution is 0.304. The summed E-state index contributed by atoms with van der Waals surface area (Å²) < 4.78 is 0. The van der Waals surface area contributed by atoms with Crippen LogP contribution in [-0.2, 0) is 0 Å². The Morgan fingerprint density at radius 2 is 1.50 bits per heavy atom. The second-order valence-corrected chi connectivity index (χ2v) is 5.69. The third-order valence-corrected chi connectivity index (χ3v) is 4.17. The van der Waals surface area contributed by atoms with Crippen molar-refractivity contribution in [1.29, 1.82) is 0 Å². The van der Waals surface area contributed by atoms with E-state index in [9.17, 15) is 0 Å². The van der Waals surface area contributed by atoms with E-state index in [0.29, 0.717) is 5.54 Å². The van der Waals surface area contributed by atoms with Crippen LogP contribution in [0.2, 0.25) is 0 Å². The van der Waals surface area contributed by atoms with E-state index < -0.39 is 0 Å². The molecule has 0 atom stereocenters. The van der Waals surface area contributed by atoms with Gasteiger partial charge in [-0.1, -0.05) is 25.7 Å². The summed E-state index contributed by atoms with van der Waals surface area (Å²) >= 11 is 0. The first-order valence-electron chi connectivity index (χ1n) is 6.16. The van der Waals surface area contributed by atoms with Gasteiger partial charge in [0.25, 0.3) is 0 Å². The van der Waals surface area contributed by atoms with Gasteiger partial charge in [0, 0.05) is 17.6 Å². The number of hydrogen-bond acceptors (Lipinski definition) is 2. The summed E-state index contributed by atoms with van der Waals surface area (Å²) in [7, 11) is 0. The van der Waals surface area contributed by atoms with Crippen LogP contribution in [0.4, 0.5) is 0 Å². The molecule has 0 amide bonds. The molecule has 0 heterocycles. The van der Waals surface area contributed by atoms with Gasteiger partial charge in [0.1, 0.15) is 0 Å². The van der Waals surface area contributed by atoms with Crippen LogP contribution in [0.5, 0.6) is 0 Å². The molecule has 2 saturated carbocycles. The minimum atomic E-state index is 0.117. The van der Waals surface area contributed by atoms with Crippen molar-refractivity contribution in [2.45, 2.75) is 69.4 Å². The van der Waals surface area contributed by atoms with Gasteiger partial charge >= 0.3 is 0 Å². The molecule has 2 aliphatic rings. The molecule has 0 bridgehead atoms. The van der Waals surface area contributed by atoms with Crippen LogP contribution in [0.15, 0.2) is 0 Å². The molecule has 0 aromatic carbocycles. The fraction of sp³-hybridized carbons (Fsp3) is 1.00. The molecule has 0 spiro atoms. The van der Waals surface area contributed by atoms with Gasteiger partial charge in [0.15, 0.2) is 0 Å². The van der Waals surface area contributed by atoms with E-state index in [0.717, 1.165) is 6.54 Å². The monoisotopic (exact) mass is 196 g/mol. The molecular formula is C12H24N2. The zero-order valence-electron chi connectivity index (χ0n) is 9.44. The highest BCUT2D eigenvalue weighted by Crippen LogP contribution is 2.31. The topological polar surface area (TPSA) is 38.0 Å². The van der Waals surface area contributed by atoms with Crippen LogP contribution in [0.25, 0.3) is 0 Å². The van der Waals surface area contributed by atoms with E-state index >= 15 is 0 Å². The largest absolute Gasteiger partial charge is 0.324 e. The molecule has 0 unspecified atom stereocenters. The molecule has 3 N–H and O–H groups in total. The molecule has 2 aliphatic carbocycles. The zero-order chi connectivity index (χ0) is 10.1. The lowest BCUT2D eigenvalue weighted by Gasteiger charge is -2.32. The minimum absolute atomic E-state index is 0.117. The second kappa shape index (κ2) is 3.82. The lowest BCUT2D eigenvalue weighted by atomic mass is 9.95. The summed E-state index contributed by atoms with van der Waals surface area (Å²) in [6.45, 7) is 3.39. The zero-order valence-corrected chi connectivity index (χ0v) is 9.44. The molecule has 2 nitrogen and oxygen atoms in total. The van der Waals surface area contributed by atoms with Gasteiger partial charge in [-0.3, -0.25) is 0 Å². The summed E-state index contributed by atoms with van der Waals surface area (Å²) in [5.41, 5.74) is 6.85. The van der Waals surface area contributed by atoms with Gasteiger partial charge in [0.05, 0.1) is 0 Å². The highest BCUT2D eigenvalue weighted by Gasteiger charge is 2.34. The minimum Gasteiger partial charge on any atom is -0.324 e. The Kier molecular flexibility index (Phi) is 2.85. The summed E-state index contributed by atoms with van der Waals surface area (Å²) in [6, 6.07) is 0. The second-order valence-electron chi connectivity index (χ2n) is 5.69. The molecule has 0 aromatic heterocycles. The standard InChI is InChI=1S/C12H24N2/c1-11(6-2-3-7-11)14-10-12(13)8-4-5-9-12/h14H,2-10,13H2,1H3. The quantitative estimate of drug-likeness (QED) is 0.726. The van der Waals surface area contributed by atoms with E-state index in [1.54, 1.807) is 0 Å². The van der Waals surface area contributed by atoms with Crippen molar-refractivity contribution in [2.75, 3.05) is 6.54 Å². The Morgan fingerprint density at radius 1 is 1.00 bits per heavy atom. The molecule has 0 aromatic rings. The van der Waals surface area contributed by atoms with Crippen molar-refractivity contribution in [3.63, 3.8) is 0 Å². The maximum Gasteiger partial charge on any atom is 0.0281 e. The highest BCUT2D eigenvalue weighted by molar-refractivity contribution is 4.96. The van der Waals surface area contributed by atoms with Gasteiger partial charge in [-0.05, 0) is 32.6 Å². The van der Waals surface area contributed by atoms with Crippen LogP contribution < -0.4 is 11.1 Å². The van der Waals surface area contributed by atoms with Crippen molar-refractivity contribution in [2.24, 2.45) is 5.73 Å².